The van der Waals surface area contributed by atoms with Gasteiger partial charge in [-0.1, -0.05) is 6.92 Å². The molecule has 0 aliphatic rings. The molecule has 0 saturated heterocycles. The van der Waals surface area contributed by atoms with Crippen LogP contribution in [0, 0.1) is 0 Å². The minimum Gasteiger partial charge on any atom is -0.372 e. The second-order valence-corrected chi connectivity index (χ2v) is 5.08. The normalized spacial score (nSPS) is 11.8. The summed E-state index contributed by atoms with van der Waals surface area (Å²) in [7, 11) is 3.94. The van der Waals surface area contributed by atoms with Crippen molar-refractivity contribution in [1.29, 1.82) is 0 Å². The lowest BCUT2D eigenvalue weighted by Crippen LogP contribution is -2.41. The molecule has 0 saturated carbocycles. The quantitative estimate of drug-likeness (QED) is 0.901. The van der Waals surface area contributed by atoms with Crippen LogP contribution in [0.3, 0.4) is 0 Å². The summed E-state index contributed by atoms with van der Waals surface area (Å²) in [6, 6.07) is 0. The maximum atomic E-state index is 4.64. The monoisotopic (exact) mass is 247 g/mol. The highest BCUT2D eigenvalue weighted by Crippen LogP contribution is 2.27. The molecule has 98 valence electrons. The predicted molar refractivity (Wildman–Crippen MR) is 75.3 cm³/mol. The highest BCUT2D eigenvalue weighted by molar-refractivity contribution is 5.67. The van der Waals surface area contributed by atoms with Gasteiger partial charge in [0, 0.05) is 32.0 Å². The van der Waals surface area contributed by atoms with Crippen LogP contribution in [-0.2, 0) is 0 Å². The molecule has 5 heteroatoms. The third-order valence-corrected chi connectivity index (χ3v) is 3.70. The van der Waals surface area contributed by atoms with Crippen LogP contribution in [0.2, 0.25) is 0 Å². The number of hydrogen-bond donors (Lipinski definition) is 1. The van der Waals surface area contributed by atoms with Crippen molar-refractivity contribution in [2.24, 2.45) is 0 Å². The first-order valence-corrected chi connectivity index (χ1v) is 6.25. The van der Waals surface area contributed by atoms with Crippen LogP contribution in [0.25, 0.3) is 5.65 Å². The zero-order valence-corrected chi connectivity index (χ0v) is 11.7. The molecule has 0 fully saturated rings. The van der Waals surface area contributed by atoms with Crippen LogP contribution >= 0.6 is 0 Å². The van der Waals surface area contributed by atoms with E-state index in [2.05, 4.69) is 48.0 Å². The number of aromatic nitrogens is 3. The molecule has 2 heterocycles. The molecule has 0 unspecified atom stereocenters. The van der Waals surface area contributed by atoms with E-state index in [4.69, 9.17) is 0 Å². The fourth-order valence-electron chi connectivity index (χ4n) is 1.78. The average molecular weight is 247 g/mol. The standard InChI is InChI=1S/C13H21N5/c1-6-13(2,3)17(5)12-11-15-7-8-18(11)9-10(14-4)16-12/h7-9,14H,6H2,1-5H3. The topological polar surface area (TPSA) is 45.5 Å². The molecule has 0 amide bonds. The second-order valence-electron chi connectivity index (χ2n) is 5.08. The van der Waals surface area contributed by atoms with Gasteiger partial charge >= 0.3 is 0 Å². The lowest BCUT2D eigenvalue weighted by molar-refractivity contribution is 0.468. The lowest BCUT2D eigenvalue weighted by Gasteiger charge is -2.35. The van der Waals surface area contributed by atoms with Gasteiger partial charge in [-0.25, -0.2) is 9.97 Å². The average Bonchev–Trinajstić information content (AvgIpc) is 2.84. The minimum atomic E-state index is 0.0474. The fourth-order valence-corrected chi connectivity index (χ4v) is 1.78. The Morgan fingerprint density at radius 1 is 1.44 bits per heavy atom. The van der Waals surface area contributed by atoms with Crippen molar-refractivity contribution in [3.63, 3.8) is 0 Å². The van der Waals surface area contributed by atoms with Crippen LogP contribution in [0.4, 0.5) is 11.6 Å². The van der Waals surface area contributed by atoms with E-state index >= 15 is 0 Å². The summed E-state index contributed by atoms with van der Waals surface area (Å²) in [6.07, 6.45) is 6.72. The molecule has 5 nitrogen and oxygen atoms in total. The summed E-state index contributed by atoms with van der Waals surface area (Å²) >= 11 is 0. The van der Waals surface area contributed by atoms with Gasteiger partial charge in [-0.3, -0.25) is 0 Å². The first-order chi connectivity index (χ1) is 8.49. The predicted octanol–water partition coefficient (Wildman–Crippen LogP) is 2.40. The molecule has 2 aromatic heterocycles. The molecule has 0 aromatic carbocycles. The number of rotatable bonds is 4. The van der Waals surface area contributed by atoms with Gasteiger partial charge in [0.1, 0.15) is 5.82 Å². The van der Waals surface area contributed by atoms with Gasteiger partial charge < -0.3 is 14.6 Å². The Hall–Kier alpha value is -1.78. The van der Waals surface area contributed by atoms with Gasteiger partial charge in [0.15, 0.2) is 11.5 Å². The molecule has 0 radical (unpaired) electrons. The Kier molecular flexibility index (Phi) is 3.15. The maximum absolute atomic E-state index is 4.64. The molecule has 0 bridgehead atoms. The van der Waals surface area contributed by atoms with E-state index in [0.717, 1.165) is 23.7 Å². The number of imidazole rings is 1. The molecule has 0 aliphatic carbocycles. The van der Waals surface area contributed by atoms with E-state index in [1.807, 2.05) is 23.8 Å². The van der Waals surface area contributed by atoms with Crippen LogP contribution in [-0.4, -0.2) is 34.0 Å². The third-order valence-electron chi connectivity index (χ3n) is 3.70. The SMILES string of the molecule is CCC(C)(C)N(C)c1nc(NC)cn2ccnc12. The first kappa shape index (κ1) is 12.7. The van der Waals surface area contributed by atoms with Gasteiger partial charge in [-0.05, 0) is 20.3 Å². The van der Waals surface area contributed by atoms with Crippen LogP contribution in [0.1, 0.15) is 27.2 Å². The Morgan fingerprint density at radius 2 is 2.17 bits per heavy atom. The molecule has 0 atom stereocenters. The Bertz CT molecular complexity index is 543. The van der Waals surface area contributed by atoms with Crippen molar-refractivity contribution >= 4 is 17.3 Å². The number of anilines is 2. The number of nitrogens with zero attached hydrogens (tertiary/aromatic N) is 4. The summed E-state index contributed by atoms with van der Waals surface area (Å²) in [4.78, 5) is 11.2. The van der Waals surface area contributed by atoms with Gasteiger partial charge in [0.25, 0.3) is 0 Å². The minimum absolute atomic E-state index is 0.0474. The molecule has 2 rings (SSSR count). The second kappa shape index (κ2) is 4.48. The Labute approximate surface area is 108 Å². The molecule has 0 spiro atoms. The van der Waals surface area contributed by atoms with Crippen LogP contribution in [0.5, 0.6) is 0 Å². The van der Waals surface area contributed by atoms with Gasteiger partial charge in [0.05, 0.1) is 6.20 Å². The first-order valence-electron chi connectivity index (χ1n) is 6.25. The van der Waals surface area contributed by atoms with Gasteiger partial charge in [0.2, 0.25) is 0 Å². The maximum Gasteiger partial charge on any atom is 0.180 e. The van der Waals surface area contributed by atoms with Crippen LogP contribution < -0.4 is 10.2 Å². The highest BCUT2D eigenvalue weighted by atomic mass is 15.3. The molecule has 2 aromatic rings. The van der Waals surface area contributed by atoms with Crippen molar-refractivity contribution in [2.75, 3.05) is 24.3 Å². The van der Waals surface area contributed by atoms with Crippen molar-refractivity contribution in [3.8, 4) is 0 Å². The van der Waals surface area contributed by atoms with Crippen molar-refractivity contribution in [3.05, 3.63) is 18.6 Å². The zero-order chi connectivity index (χ0) is 13.3. The molecule has 0 aliphatic heterocycles. The molecular formula is C13H21N5. The fraction of sp³-hybridized carbons (Fsp3) is 0.538. The molecule has 18 heavy (non-hydrogen) atoms. The Morgan fingerprint density at radius 3 is 2.78 bits per heavy atom. The summed E-state index contributed by atoms with van der Waals surface area (Å²) in [5.74, 6) is 1.74. The van der Waals surface area contributed by atoms with E-state index in [1.54, 1.807) is 6.20 Å². The molecular weight excluding hydrogens is 226 g/mol. The number of hydrogen-bond acceptors (Lipinski definition) is 4. The summed E-state index contributed by atoms with van der Waals surface area (Å²) in [5, 5.41) is 3.09. The van der Waals surface area contributed by atoms with E-state index < -0.39 is 0 Å². The number of nitrogens with one attached hydrogen (secondary N) is 1. The smallest absolute Gasteiger partial charge is 0.180 e. The largest absolute Gasteiger partial charge is 0.372 e. The lowest BCUT2D eigenvalue weighted by atomic mass is 10.0. The third kappa shape index (κ3) is 2.00. The summed E-state index contributed by atoms with van der Waals surface area (Å²) in [5.41, 5.74) is 0.934. The summed E-state index contributed by atoms with van der Waals surface area (Å²) < 4.78 is 2.00. The van der Waals surface area contributed by atoms with E-state index in [1.165, 1.54) is 0 Å². The molecule has 1 N–H and O–H groups in total. The Balaban J connectivity index is 2.58. The van der Waals surface area contributed by atoms with Gasteiger partial charge in [-0.15, -0.1) is 0 Å². The highest BCUT2D eigenvalue weighted by Gasteiger charge is 2.25. The van der Waals surface area contributed by atoms with E-state index in [0.29, 0.717) is 0 Å². The van der Waals surface area contributed by atoms with E-state index in [-0.39, 0.29) is 5.54 Å². The van der Waals surface area contributed by atoms with Crippen molar-refractivity contribution in [2.45, 2.75) is 32.7 Å². The summed E-state index contributed by atoms with van der Waals surface area (Å²) in [6.45, 7) is 6.60. The van der Waals surface area contributed by atoms with Crippen LogP contribution in [0.15, 0.2) is 18.6 Å². The number of fused-ring (bicyclic) bond motifs is 1. The van der Waals surface area contributed by atoms with Gasteiger partial charge in [-0.2, -0.15) is 0 Å². The zero-order valence-electron chi connectivity index (χ0n) is 11.7. The van der Waals surface area contributed by atoms with E-state index in [9.17, 15) is 0 Å². The van der Waals surface area contributed by atoms with Crippen molar-refractivity contribution in [1.82, 2.24) is 14.4 Å². The van der Waals surface area contributed by atoms with Crippen molar-refractivity contribution < 1.29 is 0 Å².